The first kappa shape index (κ1) is 13.3. The molecule has 0 saturated heterocycles. The van der Waals surface area contributed by atoms with Crippen LogP contribution in [0.5, 0.6) is 0 Å². The molecule has 0 aliphatic carbocycles. The predicted molar refractivity (Wildman–Crippen MR) is 60.2 cm³/mol. The van der Waals surface area contributed by atoms with Crippen molar-refractivity contribution in [3.8, 4) is 0 Å². The number of nitrogens with two attached hydrogens (primary N) is 1. The minimum atomic E-state index is -2.75. The molecule has 0 spiro atoms. The summed E-state index contributed by atoms with van der Waals surface area (Å²) in [4.78, 5) is 9.77. The standard InChI is InChI=1S/C10H13F2N3O2/c11-10(12)8-6-7(15(16)17)2-3-9(8)14-5-1-4-13/h2-3,6,10,14H,1,4-5,13H2. The van der Waals surface area contributed by atoms with Crippen molar-refractivity contribution in [1.82, 2.24) is 0 Å². The van der Waals surface area contributed by atoms with E-state index >= 15 is 0 Å². The molecule has 0 fully saturated rings. The first-order valence-electron chi connectivity index (χ1n) is 5.06. The van der Waals surface area contributed by atoms with E-state index in [9.17, 15) is 18.9 Å². The Morgan fingerprint density at radius 3 is 2.71 bits per heavy atom. The largest absolute Gasteiger partial charge is 0.385 e. The Morgan fingerprint density at radius 2 is 2.18 bits per heavy atom. The maximum atomic E-state index is 12.7. The molecule has 0 bridgehead atoms. The van der Waals surface area contributed by atoms with Crippen LogP contribution in [0, 0.1) is 10.1 Å². The fourth-order valence-electron chi connectivity index (χ4n) is 1.33. The maximum absolute atomic E-state index is 12.7. The number of halogens is 2. The van der Waals surface area contributed by atoms with Crippen LogP contribution in [0.2, 0.25) is 0 Å². The van der Waals surface area contributed by atoms with Gasteiger partial charge in [0.05, 0.1) is 4.92 Å². The summed E-state index contributed by atoms with van der Waals surface area (Å²) in [6, 6.07) is 3.36. The Labute approximate surface area is 96.8 Å². The van der Waals surface area contributed by atoms with Crippen LogP contribution in [0.1, 0.15) is 18.4 Å². The molecule has 0 aliphatic heterocycles. The van der Waals surface area contributed by atoms with Crippen LogP contribution in [0.4, 0.5) is 20.2 Å². The first-order chi connectivity index (χ1) is 8.06. The topological polar surface area (TPSA) is 81.2 Å². The van der Waals surface area contributed by atoms with Gasteiger partial charge in [-0.15, -0.1) is 0 Å². The van der Waals surface area contributed by atoms with Crippen molar-refractivity contribution < 1.29 is 13.7 Å². The Morgan fingerprint density at radius 1 is 1.47 bits per heavy atom. The summed E-state index contributed by atoms with van der Waals surface area (Å²) in [7, 11) is 0. The van der Waals surface area contributed by atoms with Gasteiger partial charge in [-0.2, -0.15) is 0 Å². The third-order valence-corrected chi connectivity index (χ3v) is 2.18. The average Bonchev–Trinajstić information content (AvgIpc) is 2.29. The highest BCUT2D eigenvalue weighted by molar-refractivity contribution is 5.56. The van der Waals surface area contributed by atoms with Crippen molar-refractivity contribution in [1.29, 1.82) is 0 Å². The lowest BCUT2D eigenvalue weighted by atomic mass is 10.1. The second-order valence-corrected chi connectivity index (χ2v) is 3.40. The molecular weight excluding hydrogens is 232 g/mol. The highest BCUT2D eigenvalue weighted by Crippen LogP contribution is 2.30. The third kappa shape index (κ3) is 3.63. The molecule has 1 aromatic carbocycles. The van der Waals surface area contributed by atoms with Gasteiger partial charge < -0.3 is 11.1 Å². The number of non-ortho nitro benzene ring substituents is 1. The number of nitro benzene ring substituents is 1. The number of anilines is 1. The summed E-state index contributed by atoms with van der Waals surface area (Å²) in [6.45, 7) is 0.901. The van der Waals surface area contributed by atoms with Crippen molar-refractivity contribution >= 4 is 11.4 Å². The third-order valence-electron chi connectivity index (χ3n) is 2.18. The van der Waals surface area contributed by atoms with Crippen molar-refractivity contribution in [3.63, 3.8) is 0 Å². The lowest BCUT2D eigenvalue weighted by Crippen LogP contribution is -2.10. The van der Waals surface area contributed by atoms with Crippen LogP contribution >= 0.6 is 0 Å². The highest BCUT2D eigenvalue weighted by atomic mass is 19.3. The van der Waals surface area contributed by atoms with Gasteiger partial charge in [0.1, 0.15) is 0 Å². The molecule has 7 heteroatoms. The van der Waals surface area contributed by atoms with E-state index in [2.05, 4.69) is 5.32 Å². The quantitative estimate of drug-likeness (QED) is 0.457. The minimum absolute atomic E-state index is 0.207. The molecule has 0 saturated carbocycles. The van der Waals surface area contributed by atoms with E-state index in [0.717, 1.165) is 6.07 Å². The van der Waals surface area contributed by atoms with Gasteiger partial charge in [0, 0.05) is 29.9 Å². The molecule has 0 aromatic heterocycles. The lowest BCUT2D eigenvalue weighted by molar-refractivity contribution is -0.385. The Bertz CT molecular complexity index is 399. The number of nitrogens with one attached hydrogen (secondary N) is 1. The zero-order valence-electron chi connectivity index (χ0n) is 9.03. The lowest BCUT2D eigenvalue weighted by Gasteiger charge is -2.10. The molecule has 1 rings (SSSR count). The Hall–Kier alpha value is -1.76. The smallest absolute Gasteiger partial charge is 0.270 e. The fourth-order valence-corrected chi connectivity index (χ4v) is 1.33. The predicted octanol–water partition coefficient (Wildman–Crippen LogP) is 2.29. The van der Waals surface area contributed by atoms with Gasteiger partial charge in [-0.3, -0.25) is 10.1 Å². The van der Waals surface area contributed by atoms with E-state index < -0.39 is 11.3 Å². The van der Waals surface area contributed by atoms with E-state index in [1.54, 1.807) is 0 Å². The fraction of sp³-hybridized carbons (Fsp3) is 0.400. The number of nitro groups is 1. The van der Waals surface area contributed by atoms with Crippen LogP contribution in [-0.4, -0.2) is 18.0 Å². The number of rotatable bonds is 6. The molecule has 17 heavy (non-hydrogen) atoms. The van der Waals surface area contributed by atoms with E-state index in [-0.39, 0.29) is 16.9 Å². The highest BCUT2D eigenvalue weighted by Gasteiger charge is 2.17. The summed E-state index contributed by atoms with van der Waals surface area (Å²) in [5.41, 5.74) is 4.78. The van der Waals surface area contributed by atoms with Crippen LogP contribution < -0.4 is 11.1 Å². The van der Waals surface area contributed by atoms with E-state index in [0.29, 0.717) is 19.5 Å². The Kier molecular flexibility index (Phi) is 4.77. The molecular formula is C10H13F2N3O2. The van der Waals surface area contributed by atoms with Crippen molar-refractivity contribution in [3.05, 3.63) is 33.9 Å². The van der Waals surface area contributed by atoms with Gasteiger partial charge in [-0.05, 0) is 19.0 Å². The summed E-state index contributed by atoms with van der Waals surface area (Å²) >= 11 is 0. The molecule has 3 N–H and O–H groups in total. The van der Waals surface area contributed by atoms with Crippen LogP contribution in [0.3, 0.4) is 0 Å². The summed E-state index contributed by atoms with van der Waals surface area (Å²) in [5, 5.41) is 13.3. The van der Waals surface area contributed by atoms with Crippen molar-refractivity contribution in [2.45, 2.75) is 12.8 Å². The van der Waals surface area contributed by atoms with Gasteiger partial charge in [0.15, 0.2) is 0 Å². The van der Waals surface area contributed by atoms with Gasteiger partial charge in [0.2, 0.25) is 0 Å². The average molecular weight is 245 g/mol. The molecule has 0 heterocycles. The number of alkyl halides is 2. The van der Waals surface area contributed by atoms with Crippen molar-refractivity contribution in [2.75, 3.05) is 18.4 Å². The molecule has 5 nitrogen and oxygen atoms in total. The normalized spacial score (nSPS) is 10.6. The van der Waals surface area contributed by atoms with Crippen LogP contribution in [0.25, 0.3) is 0 Å². The maximum Gasteiger partial charge on any atom is 0.270 e. The van der Waals surface area contributed by atoms with Gasteiger partial charge in [-0.25, -0.2) is 8.78 Å². The monoisotopic (exact) mass is 245 g/mol. The zero-order chi connectivity index (χ0) is 12.8. The molecule has 0 amide bonds. The van der Waals surface area contributed by atoms with Gasteiger partial charge >= 0.3 is 0 Å². The molecule has 94 valence electrons. The summed E-state index contributed by atoms with van der Waals surface area (Å²) < 4.78 is 25.4. The van der Waals surface area contributed by atoms with E-state index in [1.165, 1.54) is 12.1 Å². The molecule has 0 aliphatic rings. The number of nitrogens with zero attached hydrogens (tertiary/aromatic N) is 1. The van der Waals surface area contributed by atoms with Crippen LogP contribution in [0.15, 0.2) is 18.2 Å². The molecule has 0 unspecified atom stereocenters. The summed E-state index contributed by atoms with van der Waals surface area (Å²) in [5.74, 6) is 0. The number of hydrogen-bond donors (Lipinski definition) is 2. The second kappa shape index (κ2) is 6.09. The summed E-state index contributed by atoms with van der Waals surface area (Å²) in [6.07, 6.45) is -2.12. The zero-order valence-corrected chi connectivity index (χ0v) is 9.03. The molecule has 0 atom stereocenters. The SMILES string of the molecule is NCCCNc1ccc([N+](=O)[O-])cc1C(F)F. The molecule has 0 radical (unpaired) electrons. The second-order valence-electron chi connectivity index (χ2n) is 3.40. The Balaban J connectivity index is 2.92. The van der Waals surface area contributed by atoms with E-state index in [4.69, 9.17) is 5.73 Å². The molecule has 1 aromatic rings. The van der Waals surface area contributed by atoms with Gasteiger partial charge in [-0.1, -0.05) is 0 Å². The van der Waals surface area contributed by atoms with Crippen molar-refractivity contribution in [2.24, 2.45) is 5.73 Å². The van der Waals surface area contributed by atoms with Gasteiger partial charge in [0.25, 0.3) is 12.1 Å². The number of benzene rings is 1. The van der Waals surface area contributed by atoms with E-state index in [1.807, 2.05) is 0 Å². The first-order valence-corrected chi connectivity index (χ1v) is 5.06. The van der Waals surface area contributed by atoms with Crippen LogP contribution in [-0.2, 0) is 0 Å². The minimum Gasteiger partial charge on any atom is -0.385 e. The number of hydrogen-bond acceptors (Lipinski definition) is 4.